The van der Waals surface area contributed by atoms with Gasteiger partial charge >= 0.3 is 5.97 Å². The number of rotatable bonds is 6. The maximum atomic E-state index is 10.4. The molecule has 2 aromatic heterocycles. The van der Waals surface area contributed by atoms with Crippen LogP contribution in [-0.4, -0.2) is 27.7 Å². The number of hydrogen-bond donors (Lipinski definition) is 2. The average Bonchev–Trinajstić information content (AvgIpc) is 2.86. The largest absolute Gasteiger partial charge is 0.479 e. The molecule has 0 spiro atoms. The second kappa shape index (κ2) is 5.85. The van der Waals surface area contributed by atoms with Gasteiger partial charge in [-0.05, 0) is 19.1 Å². The van der Waals surface area contributed by atoms with Gasteiger partial charge in [-0.15, -0.1) is 0 Å². The van der Waals surface area contributed by atoms with Crippen molar-refractivity contribution in [2.24, 2.45) is 0 Å². The van der Waals surface area contributed by atoms with Crippen molar-refractivity contribution in [2.45, 2.75) is 13.5 Å². The van der Waals surface area contributed by atoms with Crippen LogP contribution in [0.2, 0.25) is 0 Å². The lowest BCUT2D eigenvalue weighted by molar-refractivity contribution is -0.139. The summed E-state index contributed by atoms with van der Waals surface area (Å²) in [5.74, 6) is 0.271. The van der Waals surface area contributed by atoms with Crippen LogP contribution in [0.25, 0.3) is 0 Å². The highest BCUT2D eigenvalue weighted by atomic mass is 16.5. The predicted molar refractivity (Wildman–Crippen MR) is 65.9 cm³/mol. The van der Waals surface area contributed by atoms with Crippen molar-refractivity contribution < 1.29 is 19.1 Å². The van der Waals surface area contributed by atoms with E-state index < -0.39 is 12.6 Å². The second-order valence-corrected chi connectivity index (χ2v) is 3.79. The summed E-state index contributed by atoms with van der Waals surface area (Å²) in [6, 6.07) is 5.18. The average molecular weight is 263 g/mol. The summed E-state index contributed by atoms with van der Waals surface area (Å²) < 4.78 is 10.2. The van der Waals surface area contributed by atoms with E-state index >= 15 is 0 Å². The van der Waals surface area contributed by atoms with Gasteiger partial charge in [0, 0.05) is 11.8 Å². The maximum Gasteiger partial charge on any atom is 0.341 e. The van der Waals surface area contributed by atoms with E-state index in [0.29, 0.717) is 18.2 Å². The molecule has 7 heteroatoms. The summed E-state index contributed by atoms with van der Waals surface area (Å²) in [5.41, 5.74) is 0.678. The van der Waals surface area contributed by atoms with Crippen LogP contribution in [-0.2, 0) is 11.3 Å². The van der Waals surface area contributed by atoms with Gasteiger partial charge in [-0.2, -0.15) is 4.98 Å². The van der Waals surface area contributed by atoms with Gasteiger partial charge in [0.1, 0.15) is 5.76 Å². The van der Waals surface area contributed by atoms with Crippen LogP contribution in [0.3, 0.4) is 0 Å². The molecule has 0 radical (unpaired) electrons. The molecule has 2 N–H and O–H groups in total. The molecule has 0 unspecified atom stereocenters. The number of hydrogen-bond acceptors (Lipinski definition) is 6. The van der Waals surface area contributed by atoms with Crippen LogP contribution in [0.4, 0.5) is 5.95 Å². The zero-order chi connectivity index (χ0) is 13.7. The second-order valence-electron chi connectivity index (χ2n) is 3.79. The van der Waals surface area contributed by atoms with E-state index in [0.717, 1.165) is 5.76 Å². The van der Waals surface area contributed by atoms with Gasteiger partial charge in [0.2, 0.25) is 11.8 Å². The summed E-state index contributed by atoms with van der Waals surface area (Å²) in [7, 11) is 0. The Morgan fingerprint density at radius 3 is 3.05 bits per heavy atom. The summed E-state index contributed by atoms with van der Waals surface area (Å²) >= 11 is 0. The first kappa shape index (κ1) is 12.9. The Balaban J connectivity index is 2.01. The molecule has 0 aliphatic heterocycles. The molecule has 7 nitrogen and oxygen atoms in total. The van der Waals surface area contributed by atoms with Gasteiger partial charge in [0.15, 0.2) is 6.61 Å². The predicted octanol–water partition coefficient (Wildman–Crippen LogP) is 1.45. The molecule has 0 aliphatic rings. The zero-order valence-electron chi connectivity index (χ0n) is 10.3. The van der Waals surface area contributed by atoms with Crippen LogP contribution in [0.1, 0.15) is 11.5 Å². The lowest BCUT2D eigenvalue weighted by Gasteiger charge is -2.07. The third-order valence-corrected chi connectivity index (χ3v) is 2.18. The molecule has 19 heavy (non-hydrogen) atoms. The molecular formula is C12H13N3O4. The van der Waals surface area contributed by atoms with E-state index in [1.165, 1.54) is 0 Å². The van der Waals surface area contributed by atoms with E-state index in [-0.39, 0.29) is 5.88 Å². The monoisotopic (exact) mass is 263 g/mol. The van der Waals surface area contributed by atoms with Crippen LogP contribution < -0.4 is 10.1 Å². The van der Waals surface area contributed by atoms with Crippen molar-refractivity contribution in [1.29, 1.82) is 0 Å². The number of furan rings is 1. The molecule has 0 saturated carbocycles. The topological polar surface area (TPSA) is 97.5 Å². The quantitative estimate of drug-likeness (QED) is 0.814. The standard InChI is InChI=1S/C12H13N3O4/c1-8-5-10(19-7-11(16)17)15-12(14-8)13-6-9-3-2-4-18-9/h2-5H,6-7H2,1H3,(H,16,17)(H,13,14,15). The Morgan fingerprint density at radius 2 is 2.37 bits per heavy atom. The number of carboxylic acids is 1. The zero-order valence-corrected chi connectivity index (χ0v) is 10.3. The first-order chi connectivity index (χ1) is 9.13. The van der Waals surface area contributed by atoms with Gasteiger partial charge in [-0.3, -0.25) is 0 Å². The first-order valence-corrected chi connectivity index (χ1v) is 5.60. The fraction of sp³-hybridized carbons (Fsp3) is 0.250. The van der Waals surface area contributed by atoms with Crippen molar-refractivity contribution in [3.05, 3.63) is 35.9 Å². The van der Waals surface area contributed by atoms with E-state index in [2.05, 4.69) is 15.3 Å². The Kier molecular flexibility index (Phi) is 3.97. The van der Waals surface area contributed by atoms with Crippen LogP contribution in [0.15, 0.2) is 28.9 Å². The van der Waals surface area contributed by atoms with Gasteiger partial charge in [-0.25, -0.2) is 9.78 Å². The number of ether oxygens (including phenoxy) is 1. The summed E-state index contributed by atoms with van der Waals surface area (Å²) in [6.45, 7) is 1.77. The van der Waals surface area contributed by atoms with Crippen LogP contribution >= 0.6 is 0 Å². The highest BCUT2D eigenvalue weighted by Gasteiger charge is 2.06. The number of aromatic nitrogens is 2. The molecule has 0 fully saturated rings. The normalized spacial score (nSPS) is 10.2. The molecule has 100 valence electrons. The fourth-order valence-corrected chi connectivity index (χ4v) is 1.41. The van der Waals surface area contributed by atoms with E-state index in [4.69, 9.17) is 14.3 Å². The summed E-state index contributed by atoms with van der Waals surface area (Å²) in [6.07, 6.45) is 1.58. The van der Waals surface area contributed by atoms with Gasteiger partial charge in [0.25, 0.3) is 0 Å². The molecule has 0 aliphatic carbocycles. The molecule has 0 bridgehead atoms. The number of anilines is 1. The van der Waals surface area contributed by atoms with Crippen molar-refractivity contribution in [2.75, 3.05) is 11.9 Å². The Hall–Kier alpha value is -2.57. The highest BCUT2D eigenvalue weighted by Crippen LogP contribution is 2.13. The van der Waals surface area contributed by atoms with Gasteiger partial charge in [0.05, 0.1) is 12.8 Å². The molecule has 0 atom stereocenters. The van der Waals surface area contributed by atoms with Crippen molar-refractivity contribution in [3.63, 3.8) is 0 Å². The molecule has 0 saturated heterocycles. The minimum Gasteiger partial charge on any atom is -0.479 e. The molecule has 0 amide bonds. The number of nitrogens with zero attached hydrogens (tertiary/aromatic N) is 2. The van der Waals surface area contributed by atoms with E-state index in [1.807, 2.05) is 6.07 Å². The number of aryl methyl sites for hydroxylation is 1. The highest BCUT2D eigenvalue weighted by molar-refractivity contribution is 5.68. The number of carboxylic acid groups (broad SMARTS) is 1. The minimum atomic E-state index is -1.05. The third-order valence-electron chi connectivity index (χ3n) is 2.18. The SMILES string of the molecule is Cc1cc(OCC(=O)O)nc(NCc2ccco2)n1. The van der Waals surface area contributed by atoms with Crippen LogP contribution in [0.5, 0.6) is 5.88 Å². The minimum absolute atomic E-state index is 0.219. The van der Waals surface area contributed by atoms with E-state index in [1.54, 1.807) is 25.3 Å². The molecule has 2 heterocycles. The van der Waals surface area contributed by atoms with Crippen molar-refractivity contribution in [1.82, 2.24) is 9.97 Å². The molecular weight excluding hydrogens is 250 g/mol. The first-order valence-electron chi connectivity index (χ1n) is 5.60. The van der Waals surface area contributed by atoms with Gasteiger partial charge in [-0.1, -0.05) is 0 Å². The fourth-order valence-electron chi connectivity index (χ4n) is 1.41. The summed E-state index contributed by atoms with van der Waals surface area (Å²) in [4.78, 5) is 18.7. The van der Waals surface area contributed by atoms with Crippen molar-refractivity contribution in [3.8, 4) is 5.88 Å². The lowest BCUT2D eigenvalue weighted by atomic mass is 10.4. The number of aliphatic carboxylic acids is 1. The van der Waals surface area contributed by atoms with E-state index in [9.17, 15) is 4.79 Å². The smallest absolute Gasteiger partial charge is 0.341 e. The number of nitrogens with one attached hydrogen (secondary N) is 1. The Morgan fingerprint density at radius 1 is 1.53 bits per heavy atom. The lowest BCUT2D eigenvalue weighted by Crippen LogP contribution is -2.12. The summed E-state index contributed by atoms with van der Waals surface area (Å²) in [5, 5.41) is 11.5. The molecule has 2 rings (SSSR count). The van der Waals surface area contributed by atoms with Crippen LogP contribution in [0, 0.1) is 6.92 Å². The maximum absolute atomic E-state index is 10.4. The molecule has 2 aromatic rings. The Bertz CT molecular complexity index is 554. The molecule has 0 aromatic carbocycles. The third kappa shape index (κ3) is 3.98. The van der Waals surface area contributed by atoms with Gasteiger partial charge < -0.3 is 19.6 Å². The number of carbonyl (C=O) groups is 1. The van der Waals surface area contributed by atoms with Crippen molar-refractivity contribution >= 4 is 11.9 Å². The Labute approximate surface area is 109 Å².